The van der Waals surface area contributed by atoms with Crippen LogP contribution < -0.4 is 4.74 Å². The number of ether oxygens (including phenoxy) is 1. The molecule has 1 aliphatic carbocycles. The Morgan fingerprint density at radius 1 is 1.05 bits per heavy atom. The van der Waals surface area contributed by atoms with Crippen LogP contribution in [0.2, 0.25) is 0 Å². The minimum absolute atomic E-state index is 0.0453. The van der Waals surface area contributed by atoms with E-state index in [1.54, 1.807) is 12.1 Å². The highest BCUT2D eigenvalue weighted by Crippen LogP contribution is 2.26. The lowest BCUT2D eigenvalue weighted by atomic mass is 9.90. The van der Waals surface area contributed by atoms with Gasteiger partial charge < -0.3 is 4.74 Å². The predicted octanol–water partition coefficient (Wildman–Crippen LogP) is 4.06. The van der Waals surface area contributed by atoms with Crippen molar-refractivity contribution in [1.29, 1.82) is 0 Å². The molecule has 21 heavy (non-hydrogen) atoms. The highest BCUT2D eigenvalue weighted by molar-refractivity contribution is 5.98. The summed E-state index contributed by atoms with van der Waals surface area (Å²) in [5, 5.41) is 0. The first-order valence-electron chi connectivity index (χ1n) is 6.86. The van der Waals surface area contributed by atoms with Crippen LogP contribution in [-0.4, -0.2) is 5.78 Å². The summed E-state index contributed by atoms with van der Waals surface area (Å²) in [6.07, 6.45) is 2.27. The number of ketones is 1. The van der Waals surface area contributed by atoms with E-state index >= 15 is 0 Å². The largest absolute Gasteiger partial charge is 0.489 e. The number of Topliss-reactive ketones (excluding diaryl/α,β-unsaturated/α-hetero) is 1. The summed E-state index contributed by atoms with van der Waals surface area (Å²) >= 11 is 0. The third kappa shape index (κ3) is 2.94. The Morgan fingerprint density at radius 2 is 1.90 bits per heavy atom. The van der Waals surface area contributed by atoms with Crippen LogP contribution in [0.4, 0.5) is 8.78 Å². The van der Waals surface area contributed by atoms with Gasteiger partial charge in [0.2, 0.25) is 0 Å². The number of benzene rings is 2. The zero-order valence-electron chi connectivity index (χ0n) is 11.4. The monoisotopic (exact) mass is 288 g/mol. The fourth-order valence-electron chi connectivity index (χ4n) is 2.53. The first kappa shape index (κ1) is 13.7. The lowest BCUT2D eigenvalue weighted by Gasteiger charge is -2.16. The standard InChI is InChI=1S/C17H14F2O2/c18-13-4-7-16(19)12(8-13)10-21-14-5-6-15-11(9-14)2-1-3-17(15)20/h4-9H,1-3,10H2. The number of hydrogen-bond donors (Lipinski definition) is 0. The van der Waals surface area contributed by atoms with Crippen molar-refractivity contribution < 1.29 is 18.3 Å². The van der Waals surface area contributed by atoms with Gasteiger partial charge in [0, 0.05) is 17.5 Å². The van der Waals surface area contributed by atoms with Gasteiger partial charge in [0.15, 0.2) is 5.78 Å². The number of fused-ring (bicyclic) bond motifs is 1. The molecule has 0 bridgehead atoms. The Hall–Kier alpha value is -2.23. The molecule has 2 aromatic rings. The molecule has 1 aliphatic rings. The van der Waals surface area contributed by atoms with Crippen LogP contribution >= 0.6 is 0 Å². The van der Waals surface area contributed by atoms with Crippen LogP contribution in [0.5, 0.6) is 5.75 Å². The second kappa shape index (κ2) is 5.64. The van der Waals surface area contributed by atoms with Gasteiger partial charge in [-0.1, -0.05) is 0 Å². The molecule has 0 fully saturated rings. The maximum Gasteiger partial charge on any atom is 0.163 e. The first-order valence-corrected chi connectivity index (χ1v) is 6.86. The van der Waals surface area contributed by atoms with Crippen molar-refractivity contribution in [3.05, 3.63) is 64.7 Å². The molecule has 0 atom stereocenters. The molecule has 0 amide bonds. The van der Waals surface area contributed by atoms with Crippen LogP contribution in [0.1, 0.15) is 34.3 Å². The smallest absolute Gasteiger partial charge is 0.163 e. The van der Waals surface area contributed by atoms with Gasteiger partial charge in [0.25, 0.3) is 0 Å². The van der Waals surface area contributed by atoms with Gasteiger partial charge in [0.05, 0.1) is 0 Å². The summed E-state index contributed by atoms with van der Waals surface area (Å²) in [4.78, 5) is 11.7. The molecule has 4 heteroatoms. The summed E-state index contributed by atoms with van der Waals surface area (Å²) in [7, 11) is 0. The van der Waals surface area contributed by atoms with Gasteiger partial charge in [-0.15, -0.1) is 0 Å². The van der Waals surface area contributed by atoms with E-state index in [0.717, 1.165) is 42.2 Å². The molecule has 0 N–H and O–H groups in total. The number of carbonyl (C=O) groups excluding carboxylic acids is 1. The van der Waals surface area contributed by atoms with Gasteiger partial charge in [-0.3, -0.25) is 4.79 Å². The van der Waals surface area contributed by atoms with Gasteiger partial charge >= 0.3 is 0 Å². The third-order valence-corrected chi connectivity index (χ3v) is 3.63. The van der Waals surface area contributed by atoms with Gasteiger partial charge in [0.1, 0.15) is 24.0 Å². The van der Waals surface area contributed by atoms with Gasteiger partial charge in [-0.2, -0.15) is 0 Å². The van der Waals surface area contributed by atoms with Gasteiger partial charge in [-0.05, 0) is 54.8 Å². The van der Waals surface area contributed by atoms with E-state index in [9.17, 15) is 13.6 Å². The molecular weight excluding hydrogens is 274 g/mol. The van der Waals surface area contributed by atoms with E-state index in [1.807, 2.05) is 6.07 Å². The lowest BCUT2D eigenvalue weighted by molar-refractivity contribution is 0.0972. The average molecular weight is 288 g/mol. The van der Waals surface area contributed by atoms with E-state index in [4.69, 9.17) is 4.74 Å². The number of aryl methyl sites for hydroxylation is 1. The van der Waals surface area contributed by atoms with Crippen molar-refractivity contribution in [2.45, 2.75) is 25.9 Å². The Kier molecular flexibility index (Phi) is 3.69. The fraction of sp³-hybridized carbons (Fsp3) is 0.235. The summed E-state index contributed by atoms with van der Waals surface area (Å²) in [5.74, 6) is -0.276. The van der Waals surface area contributed by atoms with Crippen molar-refractivity contribution in [3.8, 4) is 5.75 Å². The highest BCUT2D eigenvalue weighted by atomic mass is 19.1. The SMILES string of the molecule is O=C1CCCc2cc(OCc3cc(F)ccc3F)ccc21. The summed E-state index contributed by atoms with van der Waals surface area (Å²) in [5.41, 5.74) is 1.87. The van der Waals surface area contributed by atoms with E-state index in [1.165, 1.54) is 0 Å². The minimum atomic E-state index is -0.496. The van der Waals surface area contributed by atoms with E-state index in [0.29, 0.717) is 12.2 Å². The summed E-state index contributed by atoms with van der Waals surface area (Å²) < 4.78 is 32.1. The van der Waals surface area contributed by atoms with Crippen molar-refractivity contribution in [2.75, 3.05) is 0 Å². The molecule has 2 aromatic carbocycles. The third-order valence-electron chi connectivity index (χ3n) is 3.63. The van der Waals surface area contributed by atoms with Crippen LogP contribution in [0.3, 0.4) is 0 Å². The lowest BCUT2D eigenvalue weighted by Crippen LogP contribution is -2.10. The second-order valence-electron chi connectivity index (χ2n) is 5.12. The molecule has 0 spiro atoms. The van der Waals surface area contributed by atoms with Crippen LogP contribution in [-0.2, 0) is 13.0 Å². The van der Waals surface area contributed by atoms with Crippen molar-refractivity contribution >= 4 is 5.78 Å². The van der Waals surface area contributed by atoms with Crippen LogP contribution in [0.25, 0.3) is 0 Å². The summed E-state index contributed by atoms with van der Waals surface area (Å²) in [6.45, 7) is -0.0453. The van der Waals surface area contributed by atoms with E-state index < -0.39 is 11.6 Å². The normalized spacial score (nSPS) is 13.9. The molecule has 3 rings (SSSR count). The number of hydrogen-bond acceptors (Lipinski definition) is 2. The highest BCUT2D eigenvalue weighted by Gasteiger charge is 2.17. The molecule has 0 saturated carbocycles. The zero-order chi connectivity index (χ0) is 14.8. The fourth-order valence-corrected chi connectivity index (χ4v) is 2.53. The second-order valence-corrected chi connectivity index (χ2v) is 5.12. The van der Waals surface area contributed by atoms with Crippen molar-refractivity contribution in [3.63, 3.8) is 0 Å². The Labute approximate surface area is 121 Å². The molecule has 2 nitrogen and oxygen atoms in total. The number of rotatable bonds is 3. The molecular formula is C17H14F2O2. The topological polar surface area (TPSA) is 26.3 Å². The zero-order valence-corrected chi connectivity index (χ0v) is 11.4. The average Bonchev–Trinajstić information content (AvgIpc) is 2.48. The minimum Gasteiger partial charge on any atom is -0.489 e. The maximum absolute atomic E-state index is 13.5. The Morgan fingerprint density at radius 3 is 2.76 bits per heavy atom. The Balaban J connectivity index is 1.77. The maximum atomic E-state index is 13.5. The molecule has 0 heterocycles. The molecule has 0 radical (unpaired) electrons. The molecule has 0 aromatic heterocycles. The number of halogens is 2. The summed E-state index contributed by atoms with van der Waals surface area (Å²) in [6, 6.07) is 8.52. The van der Waals surface area contributed by atoms with Crippen LogP contribution in [0, 0.1) is 11.6 Å². The van der Waals surface area contributed by atoms with Crippen molar-refractivity contribution in [2.24, 2.45) is 0 Å². The van der Waals surface area contributed by atoms with Crippen molar-refractivity contribution in [1.82, 2.24) is 0 Å². The van der Waals surface area contributed by atoms with Gasteiger partial charge in [-0.25, -0.2) is 8.78 Å². The quantitative estimate of drug-likeness (QED) is 0.851. The van der Waals surface area contributed by atoms with E-state index in [-0.39, 0.29) is 18.0 Å². The molecule has 0 aliphatic heterocycles. The van der Waals surface area contributed by atoms with E-state index in [2.05, 4.69) is 0 Å². The first-order chi connectivity index (χ1) is 10.1. The number of carbonyl (C=O) groups is 1. The van der Waals surface area contributed by atoms with Crippen LogP contribution in [0.15, 0.2) is 36.4 Å². The molecule has 0 unspecified atom stereocenters. The predicted molar refractivity (Wildman–Crippen MR) is 74.4 cm³/mol. The molecule has 108 valence electrons. The molecule has 0 saturated heterocycles. The Bertz CT molecular complexity index is 695.